The van der Waals surface area contributed by atoms with Crippen LogP contribution in [0.1, 0.15) is 51.9 Å². The molecule has 1 aliphatic heterocycles. The van der Waals surface area contributed by atoms with E-state index in [1.807, 2.05) is 0 Å². The van der Waals surface area contributed by atoms with Gasteiger partial charge >= 0.3 is 6.03 Å². The lowest BCUT2D eigenvalue weighted by molar-refractivity contribution is -0.128. The topological polar surface area (TPSA) is 49.4 Å². The fourth-order valence-corrected chi connectivity index (χ4v) is 2.86. The van der Waals surface area contributed by atoms with Crippen LogP contribution in [-0.4, -0.2) is 29.4 Å². The van der Waals surface area contributed by atoms with Crippen molar-refractivity contribution in [2.24, 2.45) is 5.92 Å². The monoisotopic (exact) mass is 238 g/mol. The maximum atomic E-state index is 12.2. The summed E-state index contributed by atoms with van der Waals surface area (Å²) >= 11 is 0. The summed E-state index contributed by atoms with van der Waals surface area (Å²) in [6.07, 6.45) is 7.72. The van der Waals surface area contributed by atoms with Crippen LogP contribution >= 0.6 is 0 Å². The molecule has 3 amide bonds. The van der Waals surface area contributed by atoms with E-state index in [1.165, 1.54) is 24.2 Å². The van der Waals surface area contributed by atoms with E-state index in [4.69, 9.17) is 0 Å². The SMILES string of the molecule is CCCCN1C(=O)NC(C2CCCCC2)C1=O. The summed E-state index contributed by atoms with van der Waals surface area (Å²) in [6.45, 7) is 2.64. The molecule has 2 fully saturated rings. The van der Waals surface area contributed by atoms with E-state index in [2.05, 4.69) is 12.2 Å². The largest absolute Gasteiger partial charge is 0.326 e. The van der Waals surface area contributed by atoms with Crippen LogP contribution in [0.4, 0.5) is 4.79 Å². The third-order valence-corrected chi connectivity index (χ3v) is 3.91. The van der Waals surface area contributed by atoms with Gasteiger partial charge in [-0.05, 0) is 25.2 Å². The third-order valence-electron chi connectivity index (χ3n) is 3.91. The maximum absolute atomic E-state index is 12.2. The van der Waals surface area contributed by atoms with Gasteiger partial charge in [0.05, 0.1) is 0 Å². The Labute approximate surface area is 103 Å². The fraction of sp³-hybridized carbons (Fsp3) is 0.846. The molecule has 1 heterocycles. The van der Waals surface area contributed by atoms with Crippen LogP contribution in [0.2, 0.25) is 0 Å². The summed E-state index contributed by atoms with van der Waals surface area (Å²) in [4.78, 5) is 25.3. The van der Waals surface area contributed by atoms with Crippen molar-refractivity contribution in [2.75, 3.05) is 6.54 Å². The molecule has 2 aliphatic rings. The van der Waals surface area contributed by atoms with E-state index in [1.54, 1.807) is 0 Å². The number of rotatable bonds is 4. The first-order valence-electron chi connectivity index (χ1n) is 6.86. The summed E-state index contributed by atoms with van der Waals surface area (Å²) in [5.74, 6) is 0.377. The number of amides is 3. The quantitative estimate of drug-likeness (QED) is 0.764. The van der Waals surface area contributed by atoms with Gasteiger partial charge in [-0.2, -0.15) is 0 Å². The van der Waals surface area contributed by atoms with Gasteiger partial charge in [-0.1, -0.05) is 32.6 Å². The zero-order valence-corrected chi connectivity index (χ0v) is 10.6. The second kappa shape index (κ2) is 5.52. The number of nitrogens with zero attached hydrogens (tertiary/aromatic N) is 1. The predicted octanol–water partition coefficient (Wildman–Crippen LogP) is 2.29. The number of imide groups is 1. The molecule has 96 valence electrons. The highest BCUT2D eigenvalue weighted by Crippen LogP contribution is 2.29. The van der Waals surface area contributed by atoms with Crippen molar-refractivity contribution in [1.82, 2.24) is 10.2 Å². The Kier molecular flexibility index (Phi) is 4.02. The molecule has 0 radical (unpaired) electrons. The van der Waals surface area contributed by atoms with Gasteiger partial charge in [-0.3, -0.25) is 9.69 Å². The van der Waals surface area contributed by atoms with E-state index in [9.17, 15) is 9.59 Å². The van der Waals surface area contributed by atoms with E-state index in [0.29, 0.717) is 12.5 Å². The van der Waals surface area contributed by atoms with Crippen molar-refractivity contribution in [3.8, 4) is 0 Å². The number of carbonyl (C=O) groups is 2. The van der Waals surface area contributed by atoms with Crippen molar-refractivity contribution in [1.29, 1.82) is 0 Å². The molecule has 1 N–H and O–H groups in total. The maximum Gasteiger partial charge on any atom is 0.324 e. The van der Waals surface area contributed by atoms with Crippen molar-refractivity contribution in [3.05, 3.63) is 0 Å². The lowest BCUT2D eigenvalue weighted by Gasteiger charge is -2.25. The van der Waals surface area contributed by atoms with Gasteiger partial charge in [0, 0.05) is 6.54 Å². The molecule has 2 rings (SSSR count). The van der Waals surface area contributed by atoms with Crippen LogP contribution in [0.25, 0.3) is 0 Å². The Bertz CT molecular complexity index is 298. The van der Waals surface area contributed by atoms with Crippen LogP contribution in [0.5, 0.6) is 0 Å². The second-order valence-corrected chi connectivity index (χ2v) is 5.17. The number of hydrogen-bond donors (Lipinski definition) is 1. The van der Waals surface area contributed by atoms with Gasteiger partial charge in [-0.15, -0.1) is 0 Å². The molecular formula is C13H22N2O2. The molecule has 4 heteroatoms. The minimum Gasteiger partial charge on any atom is -0.326 e. The molecule has 4 nitrogen and oxygen atoms in total. The highest BCUT2D eigenvalue weighted by molar-refractivity contribution is 6.04. The Morgan fingerprint density at radius 3 is 2.59 bits per heavy atom. The summed E-state index contributed by atoms with van der Waals surface area (Å²) < 4.78 is 0. The van der Waals surface area contributed by atoms with Crippen LogP contribution in [0, 0.1) is 5.92 Å². The molecular weight excluding hydrogens is 216 g/mol. The van der Waals surface area contributed by atoms with Crippen molar-refractivity contribution in [3.63, 3.8) is 0 Å². The van der Waals surface area contributed by atoms with Crippen LogP contribution in [-0.2, 0) is 4.79 Å². The Morgan fingerprint density at radius 2 is 1.94 bits per heavy atom. The third kappa shape index (κ3) is 2.61. The van der Waals surface area contributed by atoms with E-state index >= 15 is 0 Å². The first-order chi connectivity index (χ1) is 8.24. The normalized spacial score (nSPS) is 26.4. The lowest BCUT2D eigenvalue weighted by atomic mass is 9.84. The van der Waals surface area contributed by atoms with Crippen molar-refractivity contribution in [2.45, 2.75) is 57.9 Å². The zero-order valence-electron chi connectivity index (χ0n) is 10.6. The number of unbranched alkanes of at least 4 members (excludes halogenated alkanes) is 1. The van der Waals surface area contributed by atoms with Crippen molar-refractivity contribution < 1.29 is 9.59 Å². The average Bonchev–Trinajstić information content (AvgIpc) is 2.64. The van der Waals surface area contributed by atoms with Gasteiger partial charge in [0.1, 0.15) is 6.04 Å². The number of hydrogen-bond acceptors (Lipinski definition) is 2. The van der Waals surface area contributed by atoms with E-state index < -0.39 is 0 Å². The molecule has 1 saturated heterocycles. The molecule has 1 atom stereocenters. The molecule has 0 aromatic carbocycles. The van der Waals surface area contributed by atoms with Crippen molar-refractivity contribution >= 4 is 11.9 Å². The minimum atomic E-state index is -0.236. The Hall–Kier alpha value is -1.06. The first kappa shape index (κ1) is 12.4. The van der Waals surface area contributed by atoms with E-state index in [-0.39, 0.29) is 18.0 Å². The summed E-state index contributed by atoms with van der Waals surface area (Å²) in [5, 5.41) is 2.87. The summed E-state index contributed by atoms with van der Waals surface area (Å²) in [6, 6.07) is -0.418. The molecule has 1 saturated carbocycles. The van der Waals surface area contributed by atoms with Crippen LogP contribution in [0.3, 0.4) is 0 Å². The van der Waals surface area contributed by atoms with Crippen LogP contribution < -0.4 is 5.32 Å². The molecule has 1 aliphatic carbocycles. The second-order valence-electron chi connectivity index (χ2n) is 5.17. The van der Waals surface area contributed by atoms with Gasteiger partial charge in [-0.25, -0.2) is 4.79 Å². The lowest BCUT2D eigenvalue weighted by Crippen LogP contribution is -2.38. The molecule has 17 heavy (non-hydrogen) atoms. The number of carbonyl (C=O) groups excluding carboxylic acids is 2. The smallest absolute Gasteiger partial charge is 0.324 e. The minimum absolute atomic E-state index is 0.00958. The average molecular weight is 238 g/mol. The summed E-state index contributed by atoms with van der Waals surface area (Å²) in [7, 11) is 0. The number of urea groups is 1. The Balaban J connectivity index is 1.96. The Morgan fingerprint density at radius 1 is 1.24 bits per heavy atom. The summed E-state index contributed by atoms with van der Waals surface area (Å²) in [5.41, 5.74) is 0. The van der Waals surface area contributed by atoms with Gasteiger partial charge in [0.15, 0.2) is 0 Å². The van der Waals surface area contributed by atoms with Crippen LogP contribution in [0.15, 0.2) is 0 Å². The van der Waals surface area contributed by atoms with Gasteiger partial charge in [0.25, 0.3) is 5.91 Å². The fourth-order valence-electron chi connectivity index (χ4n) is 2.86. The first-order valence-corrected chi connectivity index (χ1v) is 6.86. The van der Waals surface area contributed by atoms with Gasteiger partial charge < -0.3 is 5.32 Å². The molecule has 1 unspecified atom stereocenters. The molecule has 0 spiro atoms. The molecule has 0 bridgehead atoms. The van der Waals surface area contributed by atoms with Gasteiger partial charge in [0.2, 0.25) is 0 Å². The molecule has 0 aromatic heterocycles. The highest BCUT2D eigenvalue weighted by atomic mass is 16.2. The standard InChI is InChI=1S/C13H22N2O2/c1-2-3-9-15-12(16)11(14-13(15)17)10-7-5-4-6-8-10/h10-11H,2-9H2,1H3,(H,14,17). The zero-order chi connectivity index (χ0) is 12.3. The highest BCUT2D eigenvalue weighted by Gasteiger charge is 2.41. The van der Waals surface area contributed by atoms with E-state index in [0.717, 1.165) is 25.7 Å². The molecule has 0 aromatic rings. The number of nitrogens with one attached hydrogen (secondary N) is 1. The predicted molar refractivity (Wildman–Crippen MR) is 65.5 cm³/mol.